The van der Waals surface area contributed by atoms with Crippen LogP contribution in [0.3, 0.4) is 0 Å². The normalized spacial score (nSPS) is 11.7. The summed E-state index contributed by atoms with van der Waals surface area (Å²) >= 11 is 1.65. The highest BCUT2D eigenvalue weighted by Crippen LogP contribution is 2.12. The van der Waals surface area contributed by atoms with Crippen molar-refractivity contribution in [1.82, 2.24) is 5.32 Å². The number of carboxylic acid groups (broad SMARTS) is 1. The molecular formula is C14H19NO4S. The molecule has 110 valence electrons. The summed E-state index contributed by atoms with van der Waals surface area (Å²) in [6.45, 7) is 2.01. The lowest BCUT2D eigenvalue weighted by atomic mass is 10.1. The van der Waals surface area contributed by atoms with E-state index in [2.05, 4.69) is 5.32 Å². The Morgan fingerprint density at radius 1 is 1.35 bits per heavy atom. The number of aliphatic carboxylic acids is 1. The summed E-state index contributed by atoms with van der Waals surface area (Å²) in [7, 11) is 1.54. The molecule has 1 aromatic rings. The Labute approximate surface area is 122 Å². The lowest BCUT2D eigenvalue weighted by Crippen LogP contribution is -2.41. The maximum atomic E-state index is 12.0. The minimum atomic E-state index is -1.01. The van der Waals surface area contributed by atoms with Crippen molar-refractivity contribution in [3.63, 3.8) is 0 Å². The van der Waals surface area contributed by atoms with Gasteiger partial charge in [-0.1, -0.05) is 6.92 Å². The van der Waals surface area contributed by atoms with Gasteiger partial charge in [0.05, 0.1) is 7.11 Å². The first-order chi connectivity index (χ1) is 9.58. The highest BCUT2D eigenvalue weighted by atomic mass is 32.2. The standard InChI is InChI=1S/C14H19NO4S/c1-3-20-9-8-12(14(17)18)15-13(16)10-4-6-11(19-2)7-5-10/h4-7,12H,3,8-9H2,1-2H3,(H,15,16)(H,17,18). The van der Waals surface area contributed by atoms with Crippen LogP contribution in [0.1, 0.15) is 23.7 Å². The van der Waals surface area contributed by atoms with E-state index in [1.807, 2.05) is 6.92 Å². The number of rotatable bonds is 8. The first kappa shape index (κ1) is 16.4. The van der Waals surface area contributed by atoms with Gasteiger partial charge in [0.15, 0.2) is 0 Å². The number of ether oxygens (including phenoxy) is 1. The Morgan fingerprint density at radius 2 is 2.00 bits per heavy atom. The Hall–Kier alpha value is -1.69. The average molecular weight is 297 g/mol. The van der Waals surface area contributed by atoms with Crippen LogP contribution >= 0.6 is 11.8 Å². The topological polar surface area (TPSA) is 75.6 Å². The number of hydrogen-bond acceptors (Lipinski definition) is 4. The van der Waals surface area contributed by atoms with Gasteiger partial charge < -0.3 is 15.2 Å². The zero-order chi connectivity index (χ0) is 15.0. The summed E-state index contributed by atoms with van der Waals surface area (Å²) in [5.74, 6) is 0.885. The van der Waals surface area contributed by atoms with Crippen molar-refractivity contribution < 1.29 is 19.4 Å². The minimum Gasteiger partial charge on any atom is -0.497 e. The van der Waals surface area contributed by atoms with Gasteiger partial charge in [-0.25, -0.2) is 4.79 Å². The lowest BCUT2D eigenvalue weighted by Gasteiger charge is -2.14. The van der Waals surface area contributed by atoms with E-state index >= 15 is 0 Å². The molecule has 0 bridgehead atoms. The van der Waals surface area contributed by atoms with Crippen LogP contribution < -0.4 is 10.1 Å². The van der Waals surface area contributed by atoms with E-state index in [4.69, 9.17) is 9.84 Å². The Balaban J connectivity index is 2.62. The van der Waals surface area contributed by atoms with Crippen LogP contribution in [0.15, 0.2) is 24.3 Å². The van der Waals surface area contributed by atoms with Crippen LogP contribution in [0.4, 0.5) is 0 Å². The number of carbonyl (C=O) groups excluding carboxylic acids is 1. The van der Waals surface area contributed by atoms with E-state index < -0.39 is 12.0 Å². The highest BCUT2D eigenvalue weighted by Gasteiger charge is 2.20. The molecule has 0 saturated carbocycles. The number of carbonyl (C=O) groups is 2. The number of hydrogen-bond donors (Lipinski definition) is 2. The third-order valence-electron chi connectivity index (χ3n) is 2.71. The minimum absolute atomic E-state index is 0.387. The molecule has 0 heterocycles. The molecule has 0 aliphatic rings. The Kier molecular flexibility index (Phi) is 6.93. The second kappa shape index (κ2) is 8.47. The predicted octanol–water partition coefficient (Wildman–Crippen LogP) is 2.02. The van der Waals surface area contributed by atoms with E-state index in [1.54, 1.807) is 43.1 Å². The van der Waals surface area contributed by atoms with Crippen LogP contribution in [0.5, 0.6) is 5.75 Å². The molecule has 0 fully saturated rings. The van der Waals surface area contributed by atoms with Crippen LogP contribution in [0, 0.1) is 0 Å². The SMILES string of the molecule is CCSCCC(NC(=O)c1ccc(OC)cc1)C(=O)O. The molecule has 0 spiro atoms. The number of amides is 1. The van der Waals surface area contributed by atoms with Crippen molar-refractivity contribution in [3.05, 3.63) is 29.8 Å². The van der Waals surface area contributed by atoms with E-state index in [0.717, 1.165) is 5.75 Å². The summed E-state index contributed by atoms with van der Waals surface area (Å²) < 4.78 is 5.01. The molecule has 0 aliphatic carbocycles. The molecule has 0 saturated heterocycles. The molecule has 1 amide bonds. The van der Waals surface area contributed by atoms with Gasteiger partial charge in [-0.3, -0.25) is 4.79 Å². The summed E-state index contributed by atoms with van der Waals surface area (Å²) in [5, 5.41) is 11.6. The Morgan fingerprint density at radius 3 is 2.50 bits per heavy atom. The molecule has 6 heteroatoms. The number of nitrogens with one attached hydrogen (secondary N) is 1. The fraction of sp³-hybridized carbons (Fsp3) is 0.429. The molecule has 5 nitrogen and oxygen atoms in total. The molecule has 0 aromatic heterocycles. The number of carboxylic acids is 1. The molecule has 20 heavy (non-hydrogen) atoms. The van der Waals surface area contributed by atoms with Crippen LogP contribution in [-0.4, -0.2) is 41.6 Å². The van der Waals surface area contributed by atoms with Gasteiger partial charge in [-0.05, 0) is 42.2 Å². The zero-order valence-corrected chi connectivity index (χ0v) is 12.4. The summed E-state index contributed by atoms with van der Waals surface area (Å²) in [5.41, 5.74) is 0.417. The second-order valence-electron chi connectivity index (χ2n) is 4.08. The molecule has 0 aliphatic heterocycles. The van der Waals surface area contributed by atoms with Gasteiger partial charge in [0.1, 0.15) is 11.8 Å². The van der Waals surface area contributed by atoms with Crippen molar-refractivity contribution in [2.24, 2.45) is 0 Å². The summed E-state index contributed by atoms with van der Waals surface area (Å²) in [6, 6.07) is 5.68. The lowest BCUT2D eigenvalue weighted by molar-refractivity contribution is -0.139. The number of methoxy groups -OCH3 is 1. The zero-order valence-electron chi connectivity index (χ0n) is 11.6. The van der Waals surface area contributed by atoms with Crippen LogP contribution in [0.2, 0.25) is 0 Å². The van der Waals surface area contributed by atoms with Crippen molar-refractivity contribution >= 4 is 23.6 Å². The van der Waals surface area contributed by atoms with Gasteiger partial charge in [-0.15, -0.1) is 0 Å². The molecule has 2 N–H and O–H groups in total. The fourth-order valence-corrected chi connectivity index (χ4v) is 2.28. The predicted molar refractivity (Wildman–Crippen MR) is 79.5 cm³/mol. The van der Waals surface area contributed by atoms with Crippen molar-refractivity contribution in [2.45, 2.75) is 19.4 Å². The highest BCUT2D eigenvalue weighted by molar-refractivity contribution is 7.99. The average Bonchev–Trinajstić information content (AvgIpc) is 2.46. The molecule has 1 unspecified atom stereocenters. The quantitative estimate of drug-likeness (QED) is 0.718. The second-order valence-corrected chi connectivity index (χ2v) is 5.47. The van der Waals surface area contributed by atoms with Gasteiger partial charge >= 0.3 is 5.97 Å². The van der Waals surface area contributed by atoms with Crippen LogP contribution in [0.25, 0.3) is 0 Å². The molecular weight excluding hydrogens is 278 g/mol. The van der Waals surface area contributed by atoms with Gasteiger partial charge in [0.25, 0.3) is 5.91 Å². The molecule has 1 aromatic carbocycles. The van der Waals surface area contributed by atoms with Crippen LogP contribution in [-0.2, 0) is 4.79 Å². The van der Waals surface area contributed by atoms with Crippen molar-refractivity contribution in [1.29, 1.82) is 0 Å². The smallest absolute Gasteiger partial charge is 0.326 e. The largest absolute Gasteiger partial charge is 0.497 e. The summed E-state index contributed by atoms with van der Waals surface area (Å²) in [4.78, 5) is 23.1. The maximum Gasteiger partial charge on any atom is 0.326 e. The molecule has 1 rings (SSSR count). The Bertz CT molecular complexity index is 447. The van der Waals surface area contributed by atoms with Gasteiger partial charge in [0.2, 0.25) is 0 Å². The van der Waals surface area contributed by atoms with Gasteiger partial charge in [-0.2, -0.15) is 11.8 Å². The maximum absolute atomic E-state index is 12.0. The van der Waals surface area contributed by atoms with Crippen molar-refractivity contribution in [3.8, 4) is 5.75 Å². The number of benzene rings is 1. The third-order valence-corrected chi connectivity index (χ3v) is 3.64. The van der Waals surface area contributed by atoms with E-state index in [-0.39, 0.29) is 5.91 Å². The monoisotopic (exact) mass is 297 g/mol. The first-order valence-corrected chi connectivity index (χ1v) is 7.49. The van der Waals surface area contributed by atoms with E-state index in [9.17, 15) is 9.59 Å². The molecule has 0 radical (unpaired) electrons. The molecule has 1 atom stereocenters. The third kappa shape index (κ3) is 5.13. The van der Waals surface area contributed by atoms with Gasteiger partial charge in [0, 0.05) is 5.56 Å². The van der Waals surface area contributed by atoms with Crippen molar-refractivity contribution in [2.75, 3.05) is 18.6 Å². The van der Waals surface area contributed by atoms with E-state index in [0.29, 0.717) is 23.5 Å². The first-order valence-electron chi connectivity index (χ1n) is 6.34. The fourth-order valence-electron chi connectivity index (χ4n) is 1.59. The number of thioether (sulfide) groups is 1. The summed E-state index contributed by atoms with van der Waals surface area (Å²) in [6.07, 6.45) is 0.412. The van der Waals surface area contributed by atoms with E-state index in [1.165, 1.54) is 0 Å².